The lowest BCUT2D eigenvalue weighted by Gasteiger charge is -2.14. The first-order valence-electron chi connectivity index (χ1n) is 13.2. The fraction of sp³-hybridized carbons (Fsp3) is 0.212. The van der Waals surface area contributed by atoms with Gasteiger partial charge in [-0.25, -0.2) is 14.4 Å². The summed E-state index contributed by atoms with van der Waals surface area (Å²) in [5, 5.41) is 30.4. The molecule has 0 N–H and O–H groups in total. The molecule has 0 bridgehead atoms. The number of esters is 3. The fourth-order valence-electron chi connectivity index (χ4n) is 5.21. The summed E-state index contributed by atoms with van der Waals surface area (Å²) in [6.45, 7) is 4.96. The number of hydrogen-bond acceptors (Lipinski definition) is 9. The number of nitriles is 3. The molecule has 42 heavy (non-hydrogen) atoms. The molecule has 9 heteroatoms. The van der Waals surface area contributed by atoms with Crippen LogP contribution in [0.2, 0.25) is 0 Å². The molecule has 0 aliphatic heterocycles. The van der Waals surface area contributed by atoms with Crippen LogP contribution in [0, 0.1) is 34.0 Å². The minimum absolute atomic E-state index is 0.0143. The van der Waals surface area contributed by atoms with E-state index in [1.807, 2.05) is 18.2 Å². The molecule has 9 nitrogen and oxygen atoms in total. The average Bonchev–Trinajstić information content (AvgIpc) is 3.51. The van der Waals surface area contributed by atoms with Gasteiger partial charge in [-0.15, -0.1) is 0 Å². The molecule has 0 spiro atoms. The highest BCUT2D eigenvalue weighted by Gasteiger charge is 2.40. The maximum Gasteiger partial charge on any atom is 0.349 e. The van der Waals surface area contributed by atoms with Crippen molar-refractivity contribution in [2.45, 2.75) is 27.2 Å². The van der Waals surface area contributed by atoms with Gasteiger partial charge in [-0.3, -0.25) is 0 Å². The molecule has 0 unspecified atom stereocenters. The molecule has 0 amide bonds. The van der Waals surface area contributed by atoms with E-state index >= 15 is 0 Å². The second-order valence-electron chi connectivity index (χ2n) is 8.97. The molecular weight excluding hydrogens is 534 g/mol. The van der Waals surface area contributed by atoms with Gasteiger partial charge in [-0.2, -0.15) is 15.8 Å². The summed E-state index contributed by atoms with van der Waals surface area (Å²) in [6, 6.07) is 19.7. The molecule has 0 fully saturated rings. The Morgan fingerprint density at radius 1 is 0.619 bits per heavy atom. The third-order valence-electron chi connectivity index (χ3n) is 6.77. The van der Waals surface area contributed by atoms with Crippen molar-refractivity contribution in [1.29, 1.82) is 15.8 Å². The maximum absolute atomic E-state index is 13.1. The number of allylic oxidation sites excluding steroid dienone is 5. The zero-order valence-corrected chi connectivity index (χ0v) is 23.2. The Balaban J connectivity index is 2.24. The lowest BCUT2D eigenvalue weighted by atomic mass is 9.89. The van der Waals surface area contributed by atoms with E-state index in [1.165, 1.54) is 0 Å². The van der Waals surface area contributed by atoms with Crippen molar-refractivity contribution in [2.75, 3.05) is 19.8 Å². The van der Waals surface area contributed by atoms with Crippen LogP contribution in [0.3, 0.4) is 0 Å². The SMILES string of the molecule is CCOC(=O)C(C#N)=C1C(=C2C/C(=C(/C#N)C(=O)OCC)c3ccccc32)C(=C(C#N)C(=O)OCC)c2ccccc21. The van der Waals surface area contributed by atoms with Crippen molar-refractivity contribution in [3.63, 3.8) is 0 Å². The number of nitrogens with zero attached hydrogens (tertiary/aromatic N) is 3. The van der Waals surface area contributed by atoms with Crippen LogP contribution < -0.4 is 0 Å². The van der Waals surface area contributed by atoms with Crippen LogP contribution in [0.15, 0.2) is 70.8 Å². The van der Waals surface area contributed by atoms with Crippen molar-refractivity contribution < 1.29 is 28.6 Å². The van der Waals surface area contributed by atoms with Gasteiger partial charge in [0.1, 0.15) is 34.9 Å². The number of carbonyl (C=O) groups excluding carboxylic acids is 3. The summed E-state index contributed by atoms with van der Waals surface area (Å²) in [5.74, 6) is -2.53. The van der Waals surface area contributed by atoms with Crippen molar-refractivity contribution in [2.24, 2.45) is 0 Å². The van der Waals surface area contributed by atoms with Crippen LogP contribution in [0.25, 0.3) is 22.3 Å². The number of fused-ring (bicyclic) bond motifs is 2. The summed E-state index contributed by atoms with van der Waals surface area (Å²) in [6.07, 6.45) is 0.0143. The lowest BCUT2D eigenvalue weighted by molar-refractivity contribution is -0.138. The van der Waals surface area contributed by atoms with E-state index in [0.717, 1.165) is 0 Å². The second kappa shape index (κ2) is 12.6. The van der Waals surface area contributed by atoms with Crippen molar-refractivity contribution in [1.82, 2.24) is 0 Å². The van der Waals surface area contributed by atoms with E-state index in [9.17, 15) is 30.2 Å². The predicted octanol–water partition coefficient (Wildman–Crippen LogP) is 5.08. The molecule has 0 radical (unpaired) electrons. The first kappa shape index (κ1) is 29.3. The first-order chi connectivity index (χ1) is 20.4. The highest BCUT2D eigenvalue weighted by molar-refractivity contribution is 6.25. The Labute approximate surface area is 242 Å². The maximum atomic E-state index is 13.1. The average molecular weight is 560 g/mol. The normalized spacial score (nSPS) is 16.7. The molecule has 0 saturated carbocycles. The molecule has 0 heterocycles. The minimum Gasteiger partial charge on any atom is -0.462 e. The van der Waals surface area contributed by atoms with Gasteiger partial charge in [0, 0.05) is 17.6 Å². The highest BCUT2D eigenvalue weighted by Crippen LogP contribution is 2.55. The predicted molar refractivity (Wildman–Crippen MR) is 152 cm³/mol. The summed E-state index contributed by atoms with van der Waals surface area (Å²) >= 11 is 0. The van der Waals surface area contributed by atoms with E-state index in [1.54, 1.807) is 69.3 Å². The molecular formula is C33H25N3O6. The smallest absolute Gasteiger partial charge is 0.349 e. The third kappa shape index (κ3) is 4.98. The van der Waals surface area contributed by atoms with Crippen molar-refractivity contribution >= 4 is 40.2 Å². The Bertz CT molecular complexity index is 1690. The van der Waals surface area contributed by atoms with E-state index in [4.69, 9.17) is 14.2 Å². The number of rotatable bonds is 6. The van der Waals surface area contributed by atoms with Gasteiger partial charge in [0.05, 0.1) is 19.8 Å². The summed E-state index contributed by atoms with van der Waals surface area (Å²) in [5.41, 5.74) is 2.76. The summed E-state index contributed by atoms with van der Waals surface area (Å²) in [7, 11) is 0. The monoisotopic (exact) mass is 559 g/mol. The van der Waals surface area contributed by atoms with E-state index in [-0.39, 0.29) is 59.7 Å². The van der Waals surface area contributed by atoms with Crippen LogP contribution in [0.1, 0.15) is 49.4 Å². The Kier molecular flexibility index (Phi) is 8.81. The molecule has 2 aromatic rings. The molecule has 208 valence electrons. The molecule has 4 rings (SSSR count). The highest BCUT2D eigenvalue weighted by atomic mass is 16.5. The van der Waals surface area contributed by atoms with Crippen LogP contribution in [-0.4, -0.2) is 37.7 Å². The van der Waals surface area contributed by atoms with Gasteiger partial charge in [0.15, 0.2) is 0 Å². The van der Waals surface area contributed by atoms with Gasteiger partial charge in [-0.1, -0.05) is 48.5 Å². The van der Waals surface area contributed by atoms with Crippen molar-refractivity contribution in [3.05, 3.63) is 93.1 Å². The second-order valence-corrected chi connectivity index (χ2v) is 8.97. The van der Waals surface area contributed by atoms with Crippen molar-refractivity contribution in [3.8, 4) is 18.2 Å². The van der Waals surface area contributed by atoms with E-state index in [2.05, 4.69) is 0 Å². The van der Waals surface area contributed by atoms with Gasteiger partial charge in [0.2, 0.25) is 0 Å². The standard InChI is InChI=1S/C33H25N3O6/c1-4-40-31(37)25(16-34)23-15-24(20-12-8-7-11-19(20)23)30-28(26(17-35)32(38)41-5-2)21-13-9-10-14-22(21)29(30)27(18-36)33(39)42-6-3/h7-14H,4-6,15H2,1-3H3/b25-23+,28-26?,29-27?,30-24?. The number of hydrogen-bond donors (Lipinski definition) is 0. The first-order valence-corrected chi connectivity index (χ1v) is 13.2. The minimum atomic E-state index is -0.870. The zero-order chi connectivity index (χ0) is 30.4. The van der Waals surface area contributed by atoms with Gasteiger partial charge in [-0.05, 0) is 59.7 Å². The number of benzene rings is 2. The summed E-state index contributed by atoms with van der Waals surface area (Å²) < 4.78 is 15.6. The van der Waals surface area contributed by atoms with E-state index in [0.29, 0.717) is 33.4 Å². The lowest BCUT2D eigenvalue weighted by Crippen LogP contribution is -2.10. The van der Waals surface area contributed by atoms with Crippen LogP contribution in [0.5, 0.6) is 0 Å². The Hall–Kier alpha value is -5.72. The summed E-state index contributed by atoms with van der Waals surface area (Å²) in [4.78, 5) is 39.0. The van der Waals surface area contributed by atoms with Crippen LogP contribution in [-0.2, 0) is 28.6 Å². The third-order valence-corrected chi connectivity index (χ3v) is 6.77. The van der Waals surface area contributed by atoms with Crippen LogP contribution in [0.4, 0.5) is 0 Å². The fourth-order valence-corrected chi connectivity index (χ4v) is 5.21. The van der Waals surface area contributed by atoms with Gasteiger partial charge >= 0.3 is 17.9 Å². The molecule has 0 atom stereocenters. The Morgan fingerprint density at radius 2 is 1.00 bits per heavy atom. The zero-order valence-electron chi connectivity index (χ0n) is 23.2. The van der Waals surface area contributed by atoms with Gasteiger partial charge in [0.25, 0.3) is 0 Å². The molecule has 2 aliphatic rings. The Morgan fingerprint density at radius 3 is 1.40 bits per heavy atom. The van der Waals surface area contributed by atoms with Gasteiger partial charge < -0.3 is 14.2 Å². The number of ether oxygens (including phenoxy) is 3. The molecule has 0 saturated heterocycles. The van der Waals surface area contributed by atoms with E-state index < -0.39 is 17.9 Å². The molecule has 2 aliphatic carbocycles. The molecule has 2 aromatic carbocycles. The van der Waals surface area contributed by atoms with Crippen LogP contribution >= 0.6 is 0 Å². The molecule has 0 aromatic heterocycles. The topological polar surface area (TPSA) is 150 Å². The number of carbonyl (C=O) groups is 3. The quantitative estimate of drug-likeness (QED) is 0.204. The largest absolute Gasteiger partial charge is 0.462 e.